The van der Waals surface area contributed by atoms with Crippen molar-refractivity contribution >= 4 is 46.8 Å². The summed E-state index contributed by atoms with van der Waals surface area (Å²) in [7, 11) is 5.08. The third-order valence-electron chi connectivity index (χ3n) is 10.8. The largest absolute Gasteiger partial charge is 0.460 e. The van der Waals surface area contributed by atoms with E-state index in [-0.39, 0.29) is 55.9 Å². The Hall–Kier alpha value is -5.96. The van der Waals surface area contributed by atoms with E-state index in [1.54, 1.807) is 62.4 Å². The molecule has 0 N–H and O–H groups in total. The second kappa shape index (κ2) is 19.0. The number of esters is 2. The summed E-state index contributed by atoms with van der Waals surface area (Å²) in [5.74, 6) is -0.456. The molecule has 4 heterocycles. The Morgan fingerprint density at radius 3 is 2.34 bits per heavy atom. The normalized spacial score (nSPS) is 22.9. The molecule has 2 saturated heterocycles. The molecule has 0 bridgehead atoms. The molecule has 5 rings (SSSR count). The summed E-state index contributed by atoms with van der Waals surface area (Å²) in [6.45, 7) is 9.47. The first-order chi connectivity index (χ1) is 27.6. The molecule has 0 spiro atoms. The molecule has 1 aromatic carbocycles. The predicted molar refractivity (Wildman–Crippen MR) is 208 cm³/mol. The van der Waals surface area contributed by atoms with Crippen LogP contribution in [0.2, 0.25) is 0 Å². The molecule has 0 saturated carbocycles. The van der Waals surface area contributed by atoms with E-state index in [1.165, 1.54) is 34.5 Å². The van der Waals surface area contributed by atoms with Crippen molar-refractivity contribution in [1.82, 2.24) is 29.2 Å². The molecule has 312 valence electrons. The number of nitrogens with zero attached hydrogens (tertiary/aromatic N) is 8. The number of rotatable bonds is 12. The maximum Gasteiger partial charge on any atom is 0.409 e. The van der Waals surface area contributed by atoms with Gasteiger partial charge in [-0.2, -0.15) is 5.26 Å². The van der Waals surface area contributed by atoms with Gasteiger partial charge in [-0.25, -0.2) is 19.6 Å². The van der Waals surface area contributed by atoms with E-state index < -0.39 is 42.6 Å². The molecule has 2 aliphatic rings. The van der Waals surface area contributed by atoms with Gasteiger partial charge in [0.15, 0.2) is 5.65 Å². The smallest absolute Gasteiger partial charge is 0.409 e. The van der Waals surface area contributed by atoms with Gasteiger partial charge < -0.3 is 43.3 Å². The molecular weight excluding hydrogens is 752 g/mol. The van der Waals surface area contributed by atoms with Crippen molar-refractivity contribution in [2.45, 2.75) is 84.7 Å². The standard InChI is InChI=1S/C40H52N8O10/c1-24-14-17-47(33(51)13-16-41)21-31(24)46(8)36-30-15-18-48(37(30)43-23-42-36)39(52)44(6)19-20-45(7)40(53)54-22-29-11-9-10-12-32(29)58-38-35(57-28(5)50)34(56-27(4)49)25(2)26(3)55-38/h9-12,15,18,23-26,31,34-35,38H,13-14,17,19-22H2,1-8H3/t24-,25-,26-,31+,34+,35-,38+/m1/s1. The van der Waals surface area contributed by atoms with Crippen LogP contribution in [-0.4, -0.2) is 137 Å². The summed E-state index contributed by atoms with van der Waals surface area (Å²) >= 11 is 0. The van der Waals surface area contributed by atoms with Crippen molar-refractivity contribution in [2.75, 3.05) is 52.2 Å². The highest BCUT2D eigenvalue weighted by Gasteiger charge is 2.48. The molecular formula is C40H52N8O10. The third-order valence-corrected chi connectivity index (χ3v) is 10.8. The van der Waals surface area contributed by atoms with Crippen LogP contribution in [0.15, 0.2) is 42.9 Å². The predicted octanol–water partition coefficient (Wildman–Crippen LogP) is 3.81. The summed E-state index contributed by atoms with van der Waals surface area (Å²) in [4.78, 5) is 78.7. The van der Waals surface area contributed by atoms with E-state index in [1.807, 2.05) is 24.9 Å². The van der Waals surface area contributed by atoms with Gasteiger partial charge in [-0.1, -0.05) is 32.0 Å². The summed E-state index contributed by atoms with van der Waals surface area (Å²) < 4.78 is 30.4. The molecule has 3 amide bonds. The van der Waals surface area contributed by atoms with Gasteiger partial charge in [0.1, 0.15) is 37.0 Å². The van der Waals surface area contributed by atoms with Gasteiger partial charge >= 0.3 is 24.1 Å². The molecule has 0 aliphatic carbocycles. The molecule has 2 fully saturated rings. The highest BCUT2D eigenvalue weighted by atomic mass is 16.7. The van der Waals surface area contributed by atoms with Crippen molar-refractivity contribution in [3.8, 4) is 11.8 Å². The van der Waals surface area contributed by atoms with Crippen molar-refractivity contribution in [2.24, 2.45) is 11.8 Å². The molecule has 18 nitrogen and oxygen atoms in total. The zero-order valence-corrected chi connectivity index (χ0v) is 34.2. The average molecular weight is 805 g/mol. The fraction of sp³-hybridized carbons (Fsp3) is 0.550. The number of anilines is 1. The Bertz CT molecular complexity index is 2020. The molecule has 2 aromatic heterocycles. The highest BCUT2D eigenvalue weighted by molar-refractivity contribution is 5.95. The van der Waals surface area contributed by atoms with E-state index in [4.69, 9.17) is 28.9 Å². The van der Waals surface area contributed by atoms with Crippen molar-refractivity contribution in [1.29, 1.82) is 5.26 Å². The second-order valence-electron chi connectivity index (χ2n) is 14.9. The number of hydrogen-bond acceptors (Lipinski definition) is 14. The molecule has 0 unspecified atom stereocenters. The summed E-state index contributed by atoms with van der Waals surface area (Å²) in [5.41, 5.74) is 0.915. The lowest BCUT2D eigenvalue weighted by atomic mass is 9.91. The van der Waals surface area contributed by atoms with Crippen molar-refractivity contribution < 1.29 is 47.7 Å². The van der Waals surface area contributed by atoms with E-state index in [2.05, 4.69) is 16.9 Å². The van der Waals surface area contributed by atoms with Crippen LogP contribution < -0.4 is 9.64 Å². The lowest BCUT2D eigenvalue weighted by Gasteiger charge is -2.43. The Balaban J connectivity index is 1.19. The fourth-order valence-corrected chi connectivity index (χ4v) is 7.18. The number of carbonyl (C=O) groups excluding carboxylic acids is 5. The highest BCUT2D eigenvalue weighted by Crippen LogP contribution is 2.34. The number of piperidine rings is 1. The minimum Gasteiger partial charge on any atom is -0.460 e. The van der Waals surface area contributed by atoms with Crippen LogP contribution >= 0.6 is 0 Å². The minimum atomic E-state index is -1.12. The first-order valence-electron chi connectivity index (χ1n) is 19.2. The average Bonchev–Trinajstić information content (AvgIpc) is 3.63. The number of likely N-dealkylation sites (tertiary alicyclic amines) is 1. The molecule has 58 heavy (non-hydrogen) atoms. The van der Waals surface area contributed by atoms with Gasteiger partial charge in [0, 0.05) is 78.8 Å². The number of fused-ring (bicyclic) bond motifs is 1. The lowest BCUT2D eigenvalue weighted by molar-refractivity contribution is -0.263. The number of para-hydroxylation sites is 1. The number of ether oxygens (including phenoxy) is 5. The maximum atomic E-state index is 13.7. The fourth-order valence-electron chi connectivity index (χ4n) is 7.18. The minimum absolute atomic E-state index is 0.0627. The van der Waals surface area contributed by atoms with Crippen molar-refractivity contribution in [3.05, 3.63) is 48.4 Å². The third kappa shape index (κ3) is 9.94. The number of nitriles is 1. The Morgan fingerprint density at radius 2 is 1.64 bits per heavy atom. The quantitative estimate of drug-likeness (QED) is 0.189. The summed E-state index contributed by atoms with van der Waals surface area (Å²) in [6.07, 6.45) is -0.403. The second-order valence-corrected chi connectivity index (χ2v) is 14.9. The molecule has 7 atom stereocenters. The van der Waals surface area contributed by atoms with Gasteiger partial charge in [-0.05, 0) is 31.4 Å². The van der Waals surface area contributed by atoms with E-state index in [9.17, 15) is 24.0 Å². The summed E-state index contributed by atoms with van der Waals surface area (Å²) in [6, 6.07) is 10.1. The van der Waals surface area contributed by atoms with Gasteiger partial charge in [0.25, 0.3) is 0 Å². The van der Waals surface area contributed by atoms with Gasteiger partial charge in [0.05, 0.1) is 23.6 Å². The van der Waals surface area contributed by atoms with E-state index in [0.29, 0.717) is 41.3 Å². The Morgan fingerprint density at radius 1 is 0.948 bits per heavy atom. The van der Waals surface area contributed by atoms with Crippen LogP contribution in [0.4, 0.5) is 15.4 Å². The molecule has 2 aliphatic heterocycles. The lowest BCUT2D eigenvalue weighted by Crippen LogP contribution is -2.57. The number of amides is 3. The van der Waals surface area contributed by atoms with Gasteiger partial charge in [-0.15, -0.1) is 0 Å². The first kappa shape index (κ1) is 43.2. The van der Waals surface area contributed by atoms with Crippen LogP contribution in [-0.2, 0) is 39.9 Å². The number of likely N-dealkylation sites (N-methyl/N-ethyl adjacent to an activating group) is 3. The van der Waals surface area contributed by atoms with Crippen LogP contribution in [0.1, 0.15) is 53.0 Å². The van der Waals surface area contributed by atoms with Gasteiger partial charge in [0.2, 0.25) is 18.3 Å². The van der Waals surface area contributed by atoms with Crippen molar-refractivity contribution in [3.63, 3.8) is 0 Å². The van der Waals surface area contributed by atoms with Crippen LogP contribution in [0, 0.1) is 23.2 Å². The zero-order valence-electron chi connectivity index (χ0n) is 34.2. The van der Waals surface area contributed by atoms with E-state index in [0.717, 1.165) is 6.42 Å². The Kier molecular flexibility index (Phi) is 14.1. The van der Waals surface area contributed by atoms with Crippen LogP contribution in [0.5, 0.6) is 5.75 Å². The van der Waals surface area contributed by atoms with Crippen LogP contribution in [0.3, 0.4) is 0 Å². The SMILES string of the molecule is CC(=O)O[C@H]1[C@H](Oc2ccccc2COC(=O)N(C)CCN(C)C(=O)n2ccc3c(N(C)[C@H]4CN(C(=O)CC#N)CC[C@H]4C)ncnc32)O[C@H](C)[C@@H](C)[C@@H]1OC(C)=O. The number of carbonyl (C=O) groups is 5. The maximum absolute atomic E-state index is 13.7. The van der Waals surface area contributed by atoms with E-state index >= 15 is 0 Å². The molecule has 18 heteroatoms. The van der Waals surface area contributed by atoms with Crippen LogP contribution in [0.25, 0.3) is 11.0 Å². The number of hydrogen-bond donors (Lipinski definition) is 0. The molecule has 3 aromatic rings. The summed E-state index contributed by atoms with van der Waals surface area (Å²) in [5, 5.41) is 9.69. The number of aromatic nitrogens is 3. The first-order valence-corrected chi connectivity index (χ1v) is 19.2. The monoisotopic (exact) mass is 804 g/mol. The van der Waals surface area contributed by atoms with Gasteiger partial charge in [-0.3, -0.25) is 19.0 Å². The topological polar surface area (TPSA) is 199 Å². The Labute approximate surface area is 337 Å². The molecule has 0 radical (unpaired) electrons. The zero-order chi connectivity index (χ0) is 42.3. The number of benzene rings is 1.